The molecule has 0 aliphatic rings. The minimum Gasteiger partial charge on any atom is -0.357 e. The minimum atomic E-state index is -0.208. The number of hydrogen-bond acceptors (Lipinski definition) is 2. The predicted octanol–water partition coefficient (Wildman–Crippen LogP) is 2.15. The van der Waals surface area contributed by atoms with E-state index in [2.05, 4.69) is 20.9 Å². The molecule has 0 atom stereocenters. The number of aryl methyl sites for hydroxylation is 1. The molecule has 6 heteroatoms. The van der Waals surface area contributed by atoms with Gasteiger partial charge in [0, 0.05) is 26.1 Å². The number of guanidine groups is 1. The first-order valence-corrected chi connectivity index (χ1v) is 8.60. The number of aliphatic imine (C=N–C) groups is 1. The summed E-state index contributed by atoms with van der Waals surface area (Å²) in [4.78, 5) is 16.0. The Morgan fingerprint density at radius 3 is 2.62 bits per heavy atom. The number of carbonyl (C=O) groups excluding carboxylic acids is 1. The molecule has 0 heterocycles. The van der Waals surface area contributed by atoms with E-state index in [4.69, 9.17) is 0 Å². The molecular formula is C18H29FN4O. The van der Waals surface area contributed by atoms with Crippen LogP contribution in [-0.2, 0) is 11.2 Å². The van der Waals surface area contributed by atoms with Gasteiger partial charge in [-0.25, -0.2) is 4.39 Å². The summed E-state index contributed by atoms with van der Waals surface area (Å²) in [7, 11) is 0. The third-order valence-electron chi connectivity index (χ3n) is 3.52. The molecule has 1 rings (SSSR count). The third-order valence-corrected chi connectivity index (χ3v) is 3.52. The van der Waals surface area contributed by atoms with Gasteiger partial charge < -0.3 is 16.0 Å². The van der Waals surface area contributed by atoms with E-state index in [9.17, 15) is 9.18 Å². The highest BCUT2D eigenvalue weighted by Crippen LogP contribution is 2.10. The fourth-order valence-corrected chi connectivity index (χ4v) is 2.22. The van der Waals surface area contributed by atoms with Crippen molar-refractivity contribution in [2.45, 2.75) is 40.0 Å². The first-order chi connectivity index (χ1) is 11.6. The quantitative estimate of drug-likeness (QED) is 0.478. The standard InChI is InChI=1S/C18H29FN4O/c1-4-10-21-17(24)9-12-23-18(20-5-2)22-11-8-15-6-7-16(19)13-14(15)3/h6-7,13H,4-5,8-12H2,1-3H3,(H,21,24)(H2,20,22,23). The molecular weight excluding hydrogens is 307 g/mol. The van der Waals surface area contributed by atoms with Crippen LogP contribution in [0.4, 0.5) is 4.39 Å². The van der Waals surface area contributed by atoms with Crippen LogP contribution >= 0.6 is 0 Å². The lowest BCUT2D eigenvalue weighted by Gasteiger charge is -2.12. The van der Waals surface area contributed by atoms with Crippen molar-refractivity contribution in [3.05, 3.63) is 35.1 Å². The lowest BCUT2D eigenvalue weighted by molar-refractivity contribution is -0.120. The van der Waals surface area contributed by atoms with Crippen molar-refractivity contribution in [3.63, 3.8) is 0 Å². The number of halogens is 1. The molecule has 134 valence electrons. The van der Waals surface area contributed by atoms with Crippen molar-refractivity contribution < 1.29 is 9.18 Å². The number of hydrogen-bond donors (Lipinski definition) is 3. The molecule has 0 aliphatic carbocycles. The third kappa shape index (κ3) is 7.94. The van der Waals surface area contributed by atoms with Crippen LogP contribution in [0.25, 0.3) is 0 Å². The SMILES string of the molecule is CCCNC(=O)CCN=C(NCC)NCCc1ccc(F)cc1C. The van der Waals surface area contributed by atoms with Gasteiger partial charge >= 0.3 is 0 Å². The van der Waals surface area contributed by atoms with E-state index in [0.717, 1.165) is 30.5 Å². The highest BCUT2D eigenvalue weighted by atomic mass is 19.1. The zero-order chi connectivity index (χ0) is 17.8. The smallest absolute Gasteiger partial charge is 0.221 e. The summed E-state index contributed by atoms with van der Waals surface area (Å²) in [5.74, 6) is 0.513. The van der Waals surface area contributed by atoms with E-state index in [1.54, 1.807) is 6.07 Å². The summed E-state index contributed by atoms with van der Waals surface area (Å²) in [6, 6.07) is 4.84. The van der Waals surface area contributed by atoms with Crippen LogP contribution in [0.2, 0.25) is 0 Å². The van der Waals surface area contributed by atoms with Crippen molar-refractivity contribution in [1.29, 1.82) is 0 Å². The lowest BCUT2D eigenvalue weighted by atomic mass is 10.1. The van der Waals surface area contributed by atoms with E-state index >= 15 is 0 Å². The number of carbonyl (C=O) groups is 1. The highest BCUT2D eigenvalue weighted by Gasteiger charge is 2.03. The maximum Gasteiger partial charge on any atom is 0.221 e. The van der Waals surface area contributed by atoms with Crippen LogP contribution in [0.15, 0.2) is 23.2 Å². The number of benzene rings is 1. The van der Waals surface area contributed by atoms with Gasteiger partial charge in [-0.05, 0) is 49.9 Å². The second-order valence-corrected chi connectivity index (χ2v) is 5.61. The Morgan fingerprint density at radius 2 is 1.96 bits per heavy atom. The Balaban J connectivity index is 2.41. The van der Waals surface area contributed by atoms with E-state index in [1.807, 2.05) is 26.8 Å². The van der Waals surface area contributed by atoms with Gasteiger partial charge in [0.15, 0.2) is 5.96 Å². The summed E-state index contributed by atoms with van der Waals surface area (Å²) in [5.41, 5.74) is 2.06. The predicted molar refractivity (Wildman–Crippen MR) is 96.7 cm³/mol. The molecule has 0 bridgehead atoms. The van der Waals surface area contributed by atoms with Gasteiger partial charge in [-0.1, -0.05) is 13.0 Å². The second-order valence-electron chi connectivity index (χ2n) is 5.61. The lowest BCUT2D eigenvalue weighted by Crippen LogP contribution is -2.38. The summed E-state index contributed by atoms with van der Waals surface area (Å²) in [6.07, 6.45) is 2.10. The summed E-state index contributed by atoms with van der Waals surface area (Å²) in [5, 5.41) is 9.23. The van der Waals surface area contributed by atoms with Crippen LogP contribution in [0.5, 0.6) is 0 Å². The molecule has 0 unspecified atom stereocenters. The fourth-order valence-electron chi connectivity index (χ4n) is 2.22. The largest absolute Gasteiger partial charge is 0.357 e. The molecule has 0 fully saturated rings. The van der Waals surface area contributed by atoms with Crippen LogP contribution < -0.4 is 16.0 Å². The maximum absolute atomic E-state index is 13.1. The molecule has 1 amide bonds. The van der Waals surface area contributed by atoms with E-state index in [1.165, 1.54) is 6.07 Å². The van der Waals surface area contributed by atoms with Crippen LogP contribution in [-0.4, -0.2) is 38.0 Å². The molecule has 5 nitrogen and oxygen atoms in total. The fraction of sp³-hybridized carbons (Fsp3) is 0.556. The topological polar surface area (TPSA) is 65.5 Å². The average molecular weight is 336 g/mol. The van der Waals surface area contributed by atoms with Crippen molar-refractivity contribution in [2.75, 3.05) is 26.2 Å². The Labute approximate surface area is 144 Å². The average Bonchev–Trinajstić information content (AvgIpc) is 2.55. The molecule has 1 aromatic rings. The number of nitrogens with zero attached hydrogens (tertiary/aromatic N) is 1. The second kappa shape index (κ2) is 11.4. The Bertz CT molecular complexity index is 546. The van der Waals surface area contributed by atoms with Crippen LogP contribution in [0.3, 0.4) is 0 Å². The zero-order valence-corrected chi connectivity index (χ0v) is 14.9. The molecule has 1 aromatic carbocycles. The number of amides is 1. The highest BCUT2D eigenvalue weighted by molar-refractivity contribution is 5.80. The monoisotopic (exact) mass is 336 g/mol. The van der Waals surface area contributed by atoms with Gasteiger partial charge in [0.25, 0.3) is 0 Å². The van der Waals surface area contributed by atoms with Crippen LogP contribution in [0, 0.1) is 12.7 Å². The van der Waals surface area contributed by atoms with Gasteiger partial charge in [-0.15, -0.1) is 0 Å². The van der Waals surface area contributed by atoms with E-state index in [-0.39, 0.29) is 11.7 Å². The first kappa shape index (κ1) is 19.9. The van der Waals surface area contributed by atoms with Gasteiger partial charge in [-0.3, -0.25) is 9.79 Å². The zero-order valence-electron chi connectivity index (χ0n) is 14.9. The van der Waals surface area contributed by atoms with Gasteiger partial charge in [-0.2, -0.15) is 0 Å². The van der Waals surface area contributed by atoms with E-state index < -0.39 is 0 Å². The first-order valence-electron chi connectivity index (χ1n) is 8.60. The molecule has 0 aromatic heterocycles. The number of rotatable bonds is 9. The molecule has 0 saturated carbocycles. The summed E-state index contributed by atoms with van der Waals surface area (Å²) < 4.78 is 13.1. The molecule has 0 radical (unpaired) electrons. The normalized spacial score (nSPS) is 11.2. The van der Waals surface area contributed by atoms with E-state index in [0.29, 0.717) is 32.0 Å². The van der Waals surface area contributed by atoms with Crippen molar-refractivity contribution in [3.8, 4) is 0 Å². The summed E-state index contributed by atoms with van der Waals surface area (Å²) in [6.45, 7) is 8.53. The van der Waals surface area contributed by atoms with Crippen molar-refractivity contribution in [2.24, 2.45) is 4.99 Å². The van der Waals surface area contributed by atoms with Gasteiger partial charge in [0.05, 0.1) is 6.54 Å². The minimum absolute atomic E-state index is 0.0263. The molecule has 24 heavy (non-hydrogen) atoms. The van der Waals surface area contributed by atoms with Gasteiger partial charge in [0.2, 0.25) is 5.91 Å². The summed E-state index contributed by atoms with van der Waals surface area (Å²) >= 11 is 0. The van der Waals surface area contributed by atoms with Crippen LogP contribution in [0.1, 0.15) is 37.8 Å². The molecule has 3 N–H and O–H groups in total. The molecule has 0 spiro atoms. The number of nitrogens with one attached hydrogen (secondary N) is 3. The van der Waals surface area contributed by atoms with Gasteiger partial charge in [0.1, 0.15) is 5.82 Å². The Hall–Kier alpha value is -2.11. The molecule has 0 saturated heterocycles. The van der Waals surface area contributed by atoms with Crippen molar-refractivity contribution in [1.82, 2.24) is 16.0 Å². The Morgan fingerprint density at radius 1 is 1.17 bits per heavy atom. The maximum atomic E-state index is 13.1. The Kier molecular flexibility index (Phi) is 9.49. The molecule has 0 aliphatic heterocycles. The van der Waals surface area contributed by atoms with Crippen molar-refractivity contribution >= 4 is 11.9 Å².